The number of likely N-dealkylation sites (tertiary alicyclic amines) is 1. The number of rotatable bonds is 7. The fourth-order valence-electron chi connectivity index (χ4n) is 3.74. The average molecular weight is 419 g/mol. The van der Waals surface area contributed by atoms with Gasteiger partial charge in [-0.15, -0.1) is 0 Å². The van der Waals surface area contributed by atoms with Crippen molar-refractivity contribution in [1.82, 2.24) is 25.4 Å². The fraction of sp³-hybridized carbons (Fsp3) is 0.304. The van der Waals surface area contributed by atoms with Crippen LogP contribution in [0.4, 0.5) is 0 Å². The number of nitrogens with one attached hydrogen (secondary N) is 2. The molecule has 0 bridgehead atoms. The van der Waals surface area contributed by atoms with Crippen LogP contribution < -0.4 is 5.32 Å². The van der Waals surface area contributed by atoms with E-state index in [4.69, 9.17) is 4.74 Å². The monoisotopic (exact) mass is 419 g/mol. The minimum atomic E-state index is -0.321. The Kier molecular flexibility index (Phi) is 6.37. The Bertz CT molecular complexity index is 1020. The van der Waals surface area contributed by atoms with Gasteiger partial charge in [-0.3, -0.25) is 14.7 Å². The van der Waals surface area contributed by atoms with Crippen LogP contribution in [0, 0.1) is 6.92 Å². The van der Waals surface area contributed by atoms with Crippen molar-refractivity contribution in [2.75, 3.05) is 13.2 Å². The van der Waals surface area contributed by atoms with Crippen LogP contribution in [0.2, 0.25) is 0 Å². The third kappa shape index (κ3) is 5.16. The van der Waals surface area contributed by atoms with Crippen LogP contribution in [0.5, 0.6) is 0 Å². The Balaban J connectivity index is 1.42. The molecule has 31 heavy (non-hydrogen) atoms. The maximum atomic E-state index is 12.9. The number of nitrogens with zero attached hydrogens (tertiary/aromatic N) is 3. The maximum absolute atomic E-state index is 12.9. The van der Waals surface area contributed by atoms with Crippen molar-refractivity contribution in [2.24, 2.45) is 0 Å². The van der Waals surface area contributed by atoms with E-state index in [-0.39, 0.29) is 30.5 Å². The number of amides is 2. The quantitative estimate of drug-likeness (QED) is 0.613. The van der Waals surface area contributed by atoms with Crippen LogP contribution in [0.25, 0.3) is 0 Å². The van der Waals surface area contributed by atoms with Crippen LogP contribution in [0.1, 0.15) is 40.0 Å². The summed E-state index contributed by atoms with van der Waals surface area (Å²) in [5.41, 5.74) is 1.59. The number of benzene rings is 2. The number of carbonyl (C=O) groups excluding carboxylic acids is 2. The molecule has 160 valence electrons. The molecule has 4 rings (SSSR count). The summed E-state index contributed by atoms with van der Waals surface area (Å²) >= 11 is 0. The molecule has 2 heterocycles. The molecule has 2 N–H and O–H groups in total. The minimum absolute atomic E-state index is 0.0475. The highest BCUT2D eigenvalue weighted by Crippen LogP contribution is 2.30. The predicted octanol–water partition coefficient (Wildman–Crippen LogP) is 2.40. The molecule has 1 aliphatic rings. The van der Waals surface area contributed by atoms with Gasteiger partial charge in [0.2, 0.25) is 5.91 Å². The molecular weight excluding hydrogens is 394 g/mol. The summed E-state index contributed by atoms with van der Waals surface area (Å²) in [4.78, 5) is 31.6. The van der Waals surface area contributed by atoms with Crippen LogP contribution in [-0.2, 0) is 16.1 Å². The second-order valence-electron chi connectivity index (χ2n) is 7.59. The molecule has 0 aliphatic carbocycles. The van der Waals surface area contributed by atoms with Gasteiger partial charge < -0.3 is 15.0 Å². The third-order valence-electron chi connectivity index (χ3n) is 5.24. The van der Waals surface area contributed by atoms with Crippen molar-refractivity contribution in [3.63, 3.8) is 0 Å². The zero-order chi connectivity index (χ0) is 21.6. The van der Waals surface area contributed by atoms with Crippen LogP contribution in [-0.4, -0.2) is 51.1 Å². The van der Waals surface area contributed by atoms with Gasteiger partial charge in [0.15, 0.2) is 5.82 Å². The number of hydrogen-bond donors (Lipinski definition) is 2. The Labute approximate surface area is 180 Å². The molecule has 1 saturated heterocycles. The second kappa shape index (κ2) is 9.53. The largest absolute Gasteiger partial charge is 0.367 e. The zero-order valence-corrected chi connectivity index (χ0v) is 17.3. The summed E-state index contributed by atoms with van der Waals surface area (Å²) in [6.07, 6.45) is 0.542. The van der Waals surface area contributed by atoms with Gasteiger partial charge in [-0.2, -0.15) is 5.10 Å². The highest BCUT2D eigenvalue weighted by Gasteiger charge is 2.39. The lowest BCUT2D eigenvalue weighted by atomic mass is 10.1. The maximum Gasteiger partial charge on any atom is 0.251 e. The smallest absolute Gasteiger partial charge is 0.251 e. The number of carbonyl (C=O) groups is 2. The first kappa shape index (κ1) is 20.7. The van der Waals surface area contributed by atoms with E-state index in [1.165, 1.54) is 0 Å². The molecule has 2 amide bonds. The van der Waals surface area contributed by atoms with Gasteiger partial charge in [-0.1, -0.05) is 48.5 Å². The van der Waals surface area contributed by atoms with E-state index in [2.05, 4.69) is 20.5 Å². The van der Waals surface area contributed by atoms with Gasteiger partial charge in [0.25, 0.3) is 5.91 Å². The molecule has 0 saturated carbocycles. The Morgan fingerprint density at radius 2 is 1.84 bits per heavy atom. The molecule has 2 atom stereocenters. The lowest BCUT2D eigenvalue weighted by molar-refractivity contribution is -0.137. The lowest BCUT2D eigenvalue weighted by Gasteiger charge is -2.22. The normalized spacial score (nSPS) is 18.2. The predicted molar refractivity (Wildman–Crippen MR) is 114 cm³/mol. The second-order valence-corrected chi connectivity index (χ2v) is 7.59. The molecule has 3 aromatic rings. The summed E-state index contributed by atoms with van der Waals surface area (Å²) in [6, 6.07) is 18.2. The van der Waals surface area contributed by atoms with E-state index < -0.39 is 0 Å². The molecular formula is C23H25N5O3. The Morgan fingerprint density at radius 1 is 1.13 bits per heavy atom. The molecule has 1 aromatic heterocycles. The molecule has 0 radical (unpaired) electrons. The molecule has 8 heteroatoms. The summed E-state index contributed by atoms with van der Waals surface area (Å²) in [6.45, 7) is 2.51. The first-order valence-electron chi connectivity index (χ1n) is 10.3. The molecule has 2 aromatic carbocycles. The number of ether oxygens (including phenoxy) is 1. The zero-order valence-electron chi connectivity index (χ0n) is 17.3. The van der Waals surface area contributed by atoms with Crippen molar-refractivity contribution < 1.29 is 14.3 Å². The lowest BCUT2D eigenvalue weighted by Crippen LogP contribution is -2.39. The average Bonchev–Trinajstić information content (AvgIpc) is 3.41. The van der Waals surface area contributed by atoms with E-state index in [1.54, 1.807) is 17.0 Å². The van der Waals surface area contributed by atoms with Gasteiger partial charge >= 0.3 is 0 Å². The molecule has 1 fully saturated rings. The standard InChI is InChI=1S/C23H25N5O3/c1-16-24-22(27-26-16)20-12-19(25-23(30)18-10-6-3-7-11-18)13-28(20)21(29)15-31-14-17-8-4-2-5-9-17/h2-11,19-20H,12-15H2,1H3,(H,25,30)(H,24,26,27)/t19-,20-/m0/s1. The van der Waals surface area contributed by atoms with Crippen molar-refractivity contribution in [3.8, 4) is 0 Å². The topological polar surface area (TPSA) is 100 Å². The summed E-state index contributed by atoms with van der Waals surface area (Å²) in [5.74, 6) is 0.912. The van der Waals surface area contributed by atoms with Crippen molar-refractivity contribution in [2.45, 2.75) is 32.0 Å². The van der Waals surface area contributed by atoms with Gasteiger partial charge in [0, 0.05) is 18.2 Å². The van der Waals surface area contributed by atoms with Crippen LogP contribution in [0.15, 0.2) is 60.7 Å². The van der Waals surface area contributed by atoms with Crippen molar-refractivity contribution in [1.29, 1.82) is 0 Å². The Morgan fingerprint density at radius 3 is 2.52 bits per heavy atom. The number of H-pyrrole nitrogens is 1. The number of aromatic nitrogens is 3. The first-order chi connectivity index (χ1) is 15.1. The van der Waals surface area contributed by atoms with Crippen molar-refractivity contribution >= 4 is 11.8 Å². The third-order valence-corrected chi connectivity index (χ3v) is 5.24. The number of aryl methyl sites for hydroxylation is 1. The van der Waals surface area contributed by atoms with Crippen LogP contribution >= 0.6 is 0 Å². The highest BCUT2D eigenvalue weighted by molar-refractivity contribution is 5.94. The molecule has 8 nitrogen and oxygen atoms in total. The first-order valence-corrected chi connectivity index (χ1v) is 10.3. The minimum Gasteiger partial charge on any atom is -0.367 e. The van der Waals surface area contributed by atoms with E-state index in [1.807, 2.05) is 55.5 Å². The molecule has 1 aliphatic heterocycles. The fourth-order valence-corrected chi connectivity index (χ4v) is 3.74. The molecule has 0 spiro atoms. The van der Waals surface area contributed by atoms with Gasteiger partial charge in [0.1, 0.15) is 12.4 Å². The van der Waals surface area contributed by atoms with Crippen LogP contribution in [0.3, 0.4) is 0 Å². The number of hydrogen-bond acceptors (Lipinski definition) is 5. The Hall–Kier alpha value is -3.52. The summed E-state index contributed by atoms with van der Waals surface area (Å²) in [7, 11) is 0. The van der Waals surface area contributed by atoms with Gasteiger partial charge in [-0.25, -0.2) is 4.98 Å². The van der Waals surface area contributed by atoms with Crippen molar-refractivity contribution in [3.05, 3.63) is 83.4 Å². The SMILES string of the molecule is Cc1nc([C@@H]2C[C@H](NC(=O)c3ccccc3)CN2C(=O)COCc2ccccc2)n[nH]1. The van der Waals surface area contributed by atoms with E-state index in [0.717, 1.165) is 5.56 Å². The highest BCUT2D eigenvalue weighted by atomic mass is 16.5. The summed E-state index contributed by atoms with van der Waals surface area (Å²) < 4.78 is 5.64. The van der Waals surface area contributed by atoms with E-state index >= 15 is 0 Å². The van der Waals surface area contributed by atoms with Gasteiger partial charge in [0.05, 0.1) is 12.6 Å². The molecule has 0 unspecified atom stereocenters. The number of aromatic amines is 1. The van der Waals surface area contributed by atoms with E-state index in [0.29, 0.717) is 36.8 Å². The van der Waals surface area contributed by atoms with E-state index in [9.17, 15) is 9.59 Å². The summed E-state index contributed by atoms with van der Waals surface area (Å²) in [5, 5.41) is 10.1. The van der Waals surface area contributed by atoms with Gasteiger partial charge in [-0.05, 0) is 31.0 Å².